The molecule has 2 aromatic carbocycles. The lowest BCUT2D eigenvalue weighted by molar-refractivity contribution is 0.209. The van der Waals surface area contributed by atoms with E-state index in [1.54, 1.807) is 39.1 Å². The average molecular weight is 554 g/mol. The number of aromatic nitrogens is 3. The Labute approximate surface area is 222 Å². The standard InChI is InChI=1S/C25H24FN7O5S/c1-13(2)39(35,36)16-7-4-14(5-8-16)20-12-30-23(37-25(28)34)22(32-20)21-11-19(33-38-21)17-9-6-15(10-18(17)26)31-24(27)29-3/h4-13H,1-3H3,(H2,28,34)(H3,27,29,31). The van der Waals surface area contributed by atoms with Crippen LogP contribution >= 0.6 is 0 Å². The van der Waals surface area contributed by atoms with Crippen molar-refractivity contribution < 1.29 is 26.9 Å². The van der Waals surface area contributed by atoms with Gasteiger partial charge >= 0.3 is 6.09 Å². The maximum Gasteiger partial charge on any atom is 0.411 e. The van der Waals surface area contributed by atoms with Gasteiger partial charge in [-0.05, 0) is 44.2 Å². The topological polar surface area (TPSA) is 186 Å². The van der Waals surface area contributed by atoms with Gasteiger partial charge in [-0.2, -0.15) is 0 Å². The smallest absolute Gasteiger partial charge is 0.389 e. The van der Waals surface area contributed by atoms with Crippen molar-refractivity contribution >= 4 is 27.6 Å². The second kappa shape index (κ2) is 10.9. The molecule has 0 radical (unpaired) electrons. The van der Waals surface area contributed by atoms with E-state index < -0.39 is 27.0 Å². The van der Waals surface area contributed by atoms with Crippen LogP contribution in [0.2, 0.25) is 0 Å². The van der Waals surface area contributed by atoms with Gasteiger partial charge in [0.2, 0.25) is 0 Å². The first-order valence-electron chi connectivity index (χ1n) is 11.5. The van der Waals surface area contributed by atoms with E-state index >= 15 is 0 Å². The molecule has 4 rings (SSSR count). The number of carbonyl (C=O) groups excluding carboxylic acids is 1. The quantitative estimate of drug-likeness (QED) is 0.194. The molecule has 0 aliphatic rings. The number of guanidine groups is 1. The third kappa shape index (κ3) is 5.85. The van der Waals surface area contributed by atoms with Gasteiger partial charge in [-0.25, -0.2) is 27.6 Å². The number of rotatable bonds is 7. The third-order valence-electron chi connectivity index (χ3n) is 5.54. The number of halogens is 1. The molecule has 2 aromatic heterocycles. The van der Waals surface area contributed by atoms with Crippen LogP contribution in [-0.4, -0.2) is 47.9 Å². The fourth-order valence-corrected chi connectivity index (χ4v) is 4.52. The minimum Gasteiger partial charge on any atom is -0.389 e. The Morgan fingerprint density at radius 1 is 1.13 bits per heavy atom. The minimum atomic E-state index is -3.46. The average Bonchev–Trinajstić information content (AvgIpc) is 3.38. The number of sulfone groups is 1. The Morgan fingerprint density at radius 3 is 2.46 bits per heavy atom. The summed E-state index contributed by atoms with van der Waals surface area (Å²) >= 11 is 0. The highest BCUT2D eigenvalue weighted by Gasteiger charge is 2.22. The van der Waals surface area contributed by atoms with Crippen molar-refractivity contribution in [3.8, 4) is 39.8 Å². The van der Waals surface area contributed by atoms with Gasteiger partial charge in [0.25, 0.3) is 5.88 Å². The molecule has 4 aromatic rings. The summed E-state index contributed by atoms with van der Waals surface area (Å²) in [5.74, 6) is -0.900. The van der Waals surface area contributed by atoms with Crippen molar-refractivity contribution in [1.29, 1.82) is 5.41 Å². The molecule has 1 amide bonds. The van der Waals surface area contributed by atoms with Gasteiger partial charge in [-0.15, -0.1) is 0 Å². The molecule has 0 fully saturated rings. The van der Waals surface area contributed by atoms with Crippen LogP contribution in [-0.2, 0) is 9.84 Å². The van der Waals surface area contributed by atoms with E-state index in [1.165, 1.54) is 36.5 Å². The van der Waals surface area contributed by atoms with Crippen LogP contribution in [0.4, 0.5) is 14.9 Å². The molecule has 5 N–H and O–H groups in total. The number of amides is 1. The van der Waals surface area contributed by atoms with Crippen molar-refractivity contribution in [2.75, 3.05) is 12.4 Å². The number of nitrogens with two attached hydrogens (primary N) is 1. The first-order chi connectivity index (χ1) is 18.5. The van der Waals surface area contributed by atoms with Gasteiger partial charge < -0.3 is 25.6 Å². The fourth-order valence-electron chi connectivity index (χ4n) is 3.46. The first kappa shape index (κ1) is 27.2. The summed E-state index contributed by atoms with van der Waals surface area (Å²) < 4.78 is 50.1. The maximum atomic E-state index is 14.8. The molecule has 2 heterocycles. The summed E-state index contributed by atoms with van der Waals surface area (Å²) in [5, 5.41) is 16.2. The van der Waals surface area contributed by atoms with Crippen LogP contribution in [0.1, 0.15) is 13.8 Å². The predicted molar refractivity (Wildman–Crippen MR) is 141 cm³/mol. The number of carbonyl (C=O) groups is 1. The molecular formula is C25H24FN7O5S. The van der Waals surface area contributed by atoms with Gasteiger partial charge in [0.15, 0.2) is 27.3 Å². The largest absolute Gasteiger partial charge is 0.411 e. The van der Waals surface area contributed by atoms with Gasteiger partial charge in [-0.1, -0.05) is 17.3 Å². The first-order valence-corrected chi connectivity index (χ1v) is 13.0. The summed E-state index contributed by atoms with van der Waals surface area (Å²) in [6.45, 7) is 3.19. The van der Waals surface area contributed by atoms with Gasteiger partial charge in [0.05, 0.1) is 22.0 Å². The van der Waals surface area contributed by atoms with Crippen LogP contribution in [0.25, 0.3) is 34.0 Å². The second-order valence-electron chi connectivity index (χ2n) is 8.47. The van der Waals surface area contributed by atoms with Crippen LogP contribution in [0.3, 0.4) is 0 Å². The van der Waals surface area contributed by atoms with Crippen LogP contribution < -0.4 is 21.1 Å². The molecule has 0 bridgehead atoms. The lowest BCUT2D eigenvalue weighted by Crippen LogP contribution is -2.25. The number of nitrogens with zero attached hydrogens (tertiary/aromatic N) is 3. The zero-order valence-electron chi connectivity index (χ0n) is 21.0. The Bertz CT molecular complexity index is 1650. The van der Waals surface area contributed by atoms with Crippen LogP contribution in [0.15, 0.2) is 64.1 Å². The highest BCUT2D eigenvalue weighted by atomic mass is 32.2. The van der Waals surface area contributed by atoms with E-state index in [0.29, 0.717) is 16.9 Å². The Balaban J connectivity index is 1.71. The summed E-state index contributed by atoms with van der Waals surface area (Å²) in [5.41, 5.74) is 6.55. The SMILES string of the molecule is CNC(=N)Nc1ccc(-c2cc(-c3nc(-c4ccc(S(=O)(=O)C(C)C)cc4)cnc3OC(N)=O)on2)c(F)c1. The highest BCUT2D eigenvalue weighted by molar-refractivity contribution is 7.92. The summed E-state index contributed by atoms with van der Waals surface area (Å²) in [4.78, 5) is 20.2. The third-order valence-corrected chi connectivity index (χ3v) is 7.71. The van der Waals surface area contributed by atoms with Gasteiger partial charge in [0, 0.05) is 29.9 Å². The van der Waals surface area contributed by atoms with Crippen molar-refractivity contribution in [3.63, 3.8) is 0 Å². The molecule has 202 valence electrons. The number of anilines is 1. The molecule has 0 saturated carbocycles. The molecule has 0 aliphatic heterocycles. The normalized spacial score (nSPS) is 11.3. The Kier molecular flexibility index (Phi) is 7.58. The Hall–Kier alpha value is -4.85. The van der Waals surface area contributed by atoms with Crippen LogP contribution in [0, 0.1) is 11.2 Å². The molecule has 0 spiro atoms. The number of primary amides is 1. The van der Waals surface area contributed by atoms with E-state index in [1.807, 2.05) is 0 Å². The van der Waals surface area contributed by atoms with Gasteiger partial charge in [-0.3, -0.25) is 5.41 Å². The van der Waals surface area contributed by atoms with E-state index in [2.05, 4.69) is 25.8 Å². The molecule has 0 aliphatic carbocycles. The maximum absolute atomic E-state index is 14.8. The summed E-state index contributed by atoms with van der Waals surface area (Å²) in [7, 11) is -1.91. The molecule has 12 nitrogen and oxygen atoms in total. The van der Waals surface area contributed by atoms with E-state index in [-0.39, 0.29) is 39.4 Å². The second-order valence-corrected chi connectivity index (χ2v) is 11.0. The number of hydrogen-bond acceptors (Lipinski definition) is 9. The van der Waals surface area contributed by atoms with E-state index in [9.17, 15) is 17.6 Å². The van der Waals surface area contributed by atoms with Crippen molar-refractivity contribution in [2.24, 2.45) is 5.73 Å². The van der Waals surface area contributed by atoms with E-state index in [4.69, 9.17) is 20.4 Å². The summed E-state index contributed by atoms with van der Waals surface area (Å²) in [6, 6.07) is 11.7. The lowest BCUT2D eigenvalue weighted by atomic mass is 10.1. The fraction of sp³-hybridized carbons (Fsp3) is 0.160. The van der Waals surface area contributed by atoms with Crippen molar-refractivity contribution in [2.45, 2.75) is 24.0 Å². The lowest BCUT2D eigenvalue weighted by Gasteiger charge is -2.10. The molecule has 14 heteroatoms. The zero-order valence-corrected chi connectivity index (χ0v) is 21.8. The van der Waals surface area contributed by atoms with E-state index in [0.717, 1.165) is 0 Å². The number of hydrogen-bond donors (Lipinski definition) is 4. The van der Waals surface area contributed by atoms with Gasteiger partial charge in [0.1, 0.15) is 11.5 Å². The zero-order chi connectivity index (χ0) is 28.3. The van der Waals surface area contributed by atoms with Crippen LogP contribution in [0.5, 0.6) is 5.88 Å². The molecule has 0 atom stereocenters. The number of benzene rings is 2. The number of nitrogens with one attached hydrogen (secondary N) is 3. The molecular weight excluding hydrogens is 529 g/mol. The molecule has 39 heavy (non-hydrogen) atoms. The summed E-state index contributed by atoms with van der Waals surface area (Å²) in [6.07, 6.45) is 0.182. The van der Waals surface area contributed by atoms with Crippen molar-refractivity contribution in [1.82, 2.24) is 20.4 Å². The predicted octanol–water partition coefficient (Wildman–Crippen LogP) is 3.81. The Morgan fingerprint density at radius 2 is 1.85 bits per heavy atom. The monoisotopic (exact) mass is 553 g/mol. The molecule has 0 unspecified atom stereocenters. The minimum absolute atomic E-state index is 0.00756. The number of ether oxygens (including phenoxy) is 1. The highest BCUT2D eigenvalue weighted by Crippen LogP contribution is 2.33. The molecule has 0 saturated heterocycles. The van der Waals surface area contributed by atoms with Crippen molar-refractivity contribution in [3.05, 3.63) is 60.5 Å².